The maximum absolute atomic E-state index is 15.1. The first-order valence-corrected chi connectivity index (χ1v) is 33.2. The molecule has 10 aromatic carbocycles. The Kier molecular flexibility index (Phi) is 22.7. The van der Waals surface area contributed by atoms with Crippen molar-refractivity contribution >= 4 is 23.9 Å². The van der Waals surface area contributed by atoms with Crippen LogP contribution in [0.1, 0.15) is 135 Å². The fourth-order valence-electron chi connectivity index (χ4n) is 12.3. The molecule has 0 aliphatic heterocycles. The number of esters is 4. The fourth-order valence-corrected chi connectivity index (χ4v) is 12.3. The van der Waals surface area contributed by atoms with Crippen LogP contribution in [0.15, 0.2) is 255 Å². The Morgan fingerprint density at radius 2 is 0.521 bits per heavy atom. The quantitative estimate of drug-likeness (QED) is 0.0244. The lowest BCUT2D eigenvalue weighted by Gasteiger charge is -2.49. The summed E-state index contributed by atoms with van der Waals surface area (Å²) >= 11 is 0. The zero-order chi connectivity index (χ0) is 64.9. The highest BCUT2D eigenvalue weighted by atomic mass is 16.5. The minimum atomic E-state index is -0.802. The van der Waals surface area contributed by atoms with Crippen LogP contribution < -0.4 is 28.4 Å². The Morgan fingerprint density at radius 1 is 0.266 bits per heavy atom. The molecule has 0 bridgehead atoms. The molecule has 0 heterocycles. The Balaban J connectivity index is 0.802. The van der Waals surface area contributed by atoms with Gasteiger partial charge in [-0.1, -0.05) is 236 Å². The first kappa shape index (κ1) is 65.2. The van der Waals surface area contributed by atoms with Gasteiger partial charge in [0.15, 0.2) is 0 Å². The summed E-state index contributed by atoms with van der Waals surface area (Å²) in [6.45, 7) is 5.62. The minimum Gasteiger partial charge on any atom is -0.494 e. The summed E-state index contributed by atoms with van der Waals surface area (Å²) in [6, 6.07) is 79.3. The maximum atomic E-state index is 15.1. The van der Waals surface area contributed by atoms with Gasteiger partial charge in [0.05, 0.1) is 36.2 Å². The average Bonchev–Trinajstić information content (AvgIpc) is 0.722. The van der Waals surface area contributed by atoms with Gasteiger partial charge in [-0.2, -0.15) is 0 Å². The third-order valence-electron chi connectivity index (χ3n) is 17.6. The molecule has 10 nitrogen and oxygen atoms in total. The second-order valence-electron chi connectivity index (χ2n) is 24.1. The van der Waals surface area contributed by atoms with Gasteiger partial charge in [0.25, 0.3) is 0 Å². The number of carbonyl (C=O) groups excluding carboxylic acids is 4. The number of unbranched alkanes of at least 4 members (excludes halogenated alkanes) is 10. The lowest BCUT2D eigenvalue weighted by atomic mass is 9.52. The van der Waals surface area contributed by atoms with Crippen LogP contribution in [0.2, 0.25) is 0 Å². The largest absolute Gasteiger partial charge is 0.494 e. The molecule has 476 valence electrons. The third kappa shape index (κ3) is 17.2. The van der Waals surface area contributed by atoms with Gasteiger partial charge in [-0.25, -0.2) is 9.59 Å². The predicted octanol–water partition coefficient (Wildman–Crippen LogP) is 20.6. The molecule has 0 radical (unpaired) electrons. The van der Waals surface area contributed by atoms with Gasteiger partial charge >= 0.3 is 23.9 Å². The first-order valence-electron chi connectivity index (χ1n) is 33.2. The zero-order valence-corrected chi connectivity index (χ0v) is 53.5. The summed E-state index contributed by atoms with van der Waals surface area (Å²) in [6.07, 6.45) is 13.8. The van der Waals surface area contributed by atoms with Gasteiger partial charge < -0.3 is 28.4 Å². The Labute approximate surface area is 552 Å². The van der Waals surface area contributed by atoms with Crippen LogP contribution >= 0.6 is 0 Å². The summed E-state index contributed by atoms with van der Waals surface area (Å²) in [4.78, 5) is 56.5. The second kappa shape index (κ2) is 32.8. The number of hydrogen-bond donors (Lipinski definition) is 0. The second-order valence-corrected chi connectivity index (χ2v) is 24.1. The van der Waals surface area contributed by atoms with Crippen LogP contribution in [0.5, 0.6) is 34.5 Å². The first-order chi connectivity index (χ1) is 46.2. The number of rotatable bonds is 30. The van der Waals surface area contributed by atoms with E-state index in [9.17, 15) is 9.59 Å². The molecule has 0 atom stereocenters. The summed E-state index contributed by atoms with van der Waals surface area (Å²) in [7, 11) is 0. The maximum Gasteiger partial charge on any atom is 0.343 e. The van der Waals surface area contributed by atoms with Crippen molar-refractivity contribution in [2.24, 2.45) is 11.8 Å². The standard InChI is InChI=1S/C84H80O10/c1-3-5-7-9-11-19-57-89-71-45-41-67(42-46-71)77-79(83(87)93-75-53-37-65(38-54-75)63-33-49-73(50-34-63)91-81(85)69-29-25-61(26-30-69)59-21-15-13-16-22-59)78(68-43-47-72(48-44-68)90-58-20-12-10-8-6-4-2)80(77)84(88)94-76-55-39-66(40-56-76)64-35-51-74(52-36-64)92-82(86)70-31-27-62(28-32-70)60-23-17-14-18-24-60/h13-18,21-56,77-80H,3-12,19-20,57-58H2,1-2H3. The van der Waals surface area contributed by atoms with Crippen molar-refractivity contribution in [1.29, 1.82) is 0 Å². The van der Waals surface area contributed by atoms with Crippen molar-refractivity contribution in [1.82, 2.24) is 0 Å². The molecule has 1 aliphatic carbocycles. The Morgan fingerprint density at radius 3 is 0.830 bits per heavy atom. The van der Waals surface area contributed by atoms with Crippen molar-refractivity contribution in [3.63, 3.8) is 0 Å². The van der Waals surface area contributed by atoms with E-state index in [-0.39, 0.29) is 0 Å². The molecule has 0 spiro atoms. The topological polar surface area (TPSA) is 124 Å². The van der Waals surface area contributed by atoms with E-state index in [1.54, 1.807) is 72.8 Å². The van der Waals surface area contributed by atoms with Crippen molar-refractivity contribution in [3.8, 4) is 79.0 Å². The van der Waals surface area contributed by atoms with Gasteiger partial charge in [-0.15, -0.1) is 0 Å². The molecule has 0 aromatic heterocycles. The Bertz CT molecular complexity index is 3740. The fraction of sp³-hybridized carbons (Fsp3) is 0.238. The van der Waals surface area contributed by atoms with Crippen molar-refractivity contribution in [3.05, 3.63) is 277 Å². The molecule has 10 aromatic rings. The highest BCUT2D eigenvalue weighted by molar-refractivity contribution is 5.93. The lowest BCUT2D eigenvalue weighted by molar-refractivity contribution is -0.156. The van der Waals surface area contributed by atoms with Crippen molar-refractivity contribution in [2.75, 3.05) is 13.2 Å². The molecule has 0 saturated heterocycles. The average molecular weight is 1250 g/mol. The highest BCUT2D eigenvalue weighted by Crippen LogP contribution is 2.59. The Hall–Kier alpha value is -10.3. The van der Waals surface area contributed by atoms with E-state index in [0.717, 1.165) is 81.3 Å². The van der Waals surface area contributed by atoms with Gasteiger partial charge in [-0.05, 0) is 166 Å². The monoisotopic (exact) mass is 1250 g/mol. The van der Waals surface area contributed by atoms with Crippen LogP contribution in [-0.2, 0) is 9.59 Å². The molecule has 0 N–H and O–H groups in total. The SMILES string of the molecule is CCCCCCCCOc1ccc(C2C(C(=O)Oc3ccc(-c4ccc(OC(=O)c5ccc(-c6ccccc6)cc5)cc4)cc3)C(c3ccc(OCCCCCCCC)cc3)C2C(=O)Oc2ccc(-c3ccc(OC(=O)c4ccc(-c5ccccc5)cc4)cc3)cc2)cc1. The summed E-state index contributed by atoms with van der Waals surface area (Å²) in [5, 5.41) is 0. The van der Waals surface area contributed by atoms with Gasteiger partial charge in [-0.3, -0.25) is 9.59 Å². The minimum absolute atomic E-state index is 0.346. The van der Waals surface area contributed by atoms with Gasteiger partial charge in [0.1, 0.15) is 34.5 Å². The van der Waals surface area contributed by atoms with E-state index in [2.05, 4.69) is 13.8 Å². The predicted molar refractivity (Wildman–Crippen MR) is 372 cm³/mol. The molecule has 94 heavy (non-hydrogen) atoms. The third-order valence-corrected chi connectivity index (χ3v) is 17.6. The molecular weight excluding hydrogens is 1170 g/mol. The van der Waals surface area contributed by atoms with Crippen molar-refractivity contribution in [2.45, 2.75) is 103 Å². The number of carbonyl (C=O) groups is 4. The van der Waals surface area contributed by atoms with E-state index in [1.807, 2.05) is 182 Å². The molecule has 11 rings (SSSR count). The van der Waals surface area contributed by atoms with Crippen LogP contribution in [0, 0.1) is 11.8 Å². The van der Waals surface area contributed by atoms with Crippen LogP contribution in [-0.4, -0.2) is 37.1 Å². The van der Waals surface area contributed by atoms with E-state index >= 15 is 9.59 Å². The normalized spacial score (nSPS) is 14.8. The number of ether oxygens (including phenoxy) is 6. The molecule has 0 amide bonds. The van der Waals surface area contributed by atoms with Crippen LogP contribution in [0.25, 0.3) is 44.5 Å². The molecule has 0 unspecified atom stereocenters. The summed E-state index contributed by atoms with van der Waals surface area (Å²) in [5.41, 5.74) is 10.1. The van der Waals surface area contributed by atoms with Crippen molar-refractivity contribution < 1.29 is 47.6 Å². The molecule has 1 aliphatic rings. The van der Waals surface area contributed by atoms with Crippen LogP contribution in [0.4, 0.5) is 0 Å². The number of hydrogen-bond acceptors (Lipinski definition) is 10. The van der Waals surface area contributed by atoms with Gasteiger partial charge in [0.2, 0.25) is 0 Å². The van der Waals surface area contributed by atoms with E-state index < -0.39 is 47.5 Å². The van der Waals surface area contributed by atoms with E-state index in [4.69, 9.17) is 28.4 Å². The van der Waals surface area contributed by atoms with Gasteiger partial charge in [0, 0.05) is 11.8 Å². The summed E-state index contributed by atoms with van der Waals surface area (Å²) < 4.78 is 36.6. The highest BCUT2D eigenvalue weighted by Gasteiger charge is 2.60. The van der Waals surface area contributed by atoms with E-state index in [0.29, 0.717) is 58.8 Å². The summed E-state index contributed by atoms with van der Waals surface area (Å²) in [5.74, 6) is -1.82. The zero-order valence-electron chi connectivity index (χ0n) is 53.5. The lowest BCUT2D eigenvalue weighted by Crippen LogP contribution is -2.53. The van der Waals surface area contributed by atoms with E-state index in [1.165, 1.54) is 51.4 Å². The smallest absolute Gasteiger partial charge is 0.343 e. The molecule has 1 saturated carbocycles. The molecule has 10 heteroatoms. The number of benzene rings is 10. The molecular formula is C84H80O10. The van der Waals surface area contributed by atoms with Crippen LogP contribution in [0.3, 0.4) is 0 Å². The molecule has 1 fully saturated rings.